The predicted octanol–water partition coefficient (Wildman–Crippen LogP) is 2.84. The van der Waals surface area contributed by atoms with Gasteiger partial charge >= 0.3 is 0 Å². The number of aromatic nitrogens is 2. The average molecular weight is 273 g/mol. The molecule has 0 saturated carbocycles. The van der Waals surface area contributed by atoms with Gasteiger partial charge in [-0.2, -0.15) is 5.10 Å². The summed E-state index contributed by atoms with van der Waals surface area (Å²) in [4.78, 5) is 4.56. The maximum atomic E-state index is 5.92. The van der Waals surface area contributed by atoms with E-state index in [-0.39, 0.29) is 0 Å². The molecular formula is C14H19N3OSi. The summed E-state index contributed by atoms with van der Waals surface area (Å²) in [6, 6.07) is 6.03. The number of aliphatic imine (C=N–C) groups is 1. The van der Waals surface area contributed by atoms with E-state index >= 15 is 0 Å². The summed E-state index contributed by atoms with van der Waals surface area (Å²) in [5, 5.41) is 4.12. The number of rotatable bonds is 4. The first-order valence-electron chi connectivity index (χ1n) is 6.35. The van der Waals surface area contributed by atoms with Gasteiger partial charge in [-0.25, -0.2) is 0 Å². The van der Waals surface area contributed by atoms with Crippen molar-refractivity contribution in [3.63, 3.8) is 0 Å². The van der Waals surface area contributed by atoms with Gasteiger partial charge in [-0.15, -0.1) is 0 Å². The monoisotopic (exact) mass is 273 g/mol. The normalized spacial score (nSPS) is 11.4. The summed E-state index contributed by atoms with van der Waals surface area (Å²) in [5.74, 6) is 0.877. The van der Waals surface area contributed by atoms with Crippen LogP contribution < -0.4 is 4.43 Å². The predicted molar refractivity (Wildman–Crippen MR) is 81.1 cm³/mol. The quantitative estimate of drug-likeness (QED) is 0.635. The lowest BCUT2D eigenvalue weighted by molar-refractivity contribution is 0.581. The summed E-state index contributed by atoms with van der Waals surface area (Å²) >= 11 is 0. The second-order valence-corrected chi connectivity index (χ2v) is 7.13. The number of hydrogen-bond acceptors (Lipinski definition) is 3. The highest BCUT2D eigenvalue weighted by molar-refractivity contribution is 6.49. The molecule has 100 valence electrons. The van der Waals surface area contributed by atoms with Crippen LogP contribution in [0.1, 0.15) is 11.1 Å². The van der Waals surface area contributed by atoms with Crippen molar-refractivity contribution in [2.24, 2.45) is 12.0 Å². The second kappa shape index (κ2) is 5.84. The minimum Gasteiger partial charge on any atom is -0.546 e. The Labute approximate surface area is 115 Å². The van der Waals surface area contributed by atoms with Crippen molar-refractivity contribution in [2.75, 3.05) is 0 Å². The van der Waals surface area contributed by atoms with Crippen LogP contribution in [0.25, 0.3) is 0 Å². The van der Waals surface area contributed by atoms with Gasteiger partial charge in [0, 0.05) is 25.0 Å². The second-order valence-electron chi connectivity index (χ2n) is 4.79. The van der Waals surface area contributed by atoms with Crippen LogP contribution in [0.3, 0.4) is 0 Å². The van der Waals surface area contributed by atoms with Gasteiger partial charge in [-0.05, 0) is 31.6 Å². The molecule has 2 aromatic rings. The zero-order valence-corrected chi connectivity index (χ0v) is 12.9. The van der Waals surface area contributed by atoms with Gasteiger partial charge < -0.3 is 4.43 Å². The Morgan fingerprint density at radius 3 is 2.79 bits per heavy atom. The van der Waals surface area contributed by atoms with E-state index in [1.54, 1.807) is 10.9 Å². The number of benzene rings is 1. The van der Waals surface area contributed by atoms with Crippen LogP contribution >= 0.6 is 0 Å². The van der Waals surface area contributed by atoms with Crippen molar-refractivity contribution >= 4 is 20.9 Å². The number of aryl methyl sites for hydroxylation is 2. The Morgan fingerprint density at radius 1 is 1.37 bits per heavy atom. The van der Waals surface area contributed by atoms with Gasteiger partial charge in [0.15, 0.2) is 0 Å². The Morgan fingerprint density at radius 2 is 2.16 bits per heavy atom. The fourth-order valence-electron chi connectivity index (χ4n) is 1.79. The fraction of sp³-hybridized carbons (Fsp3) is 0.286. The molecule has 0 aliphatic rings. The Balaban J connectivity index is 2.30. The zero-order valence-electron chi connectivity index (χ0n) is 11.8. The minimum absolute atomic E-state index is 0.877. The lowest BCUT2D eigenvalue weighted by atomic mass is 10.2. The highest BCUT2D eigenvalue weighted by Crippen LogP contribution is 2.31. The standard InChI is InChI=1S/C14H19N3OSi/c1-11-6-5-7-13(18-19(3)4)14(11)15-8-12-9-16-17(2)10-12/h5-10,19H,1-4H3. The third-order valence-corrected chi connectivity index (χ3v) is 3.36. The SMILES string of the molecule is Cc1cccc(O[SiH](C)C)c1N=Cc1cnn(C)c1. The summed E-state index contributed by atoms with van der Waals surface area (Å²) < 4.78 is 7.69. The molecule has 0 aliphatic carbocycles. The fourth-order valence-corrected chi connectivity index (χ4v) is 2.49. The molecule has 0 aliphatic heterocycles. The molecule has 1 heterocycles. The summed E-state index contributed by atoms with van der Waals surface area (Å²) in [5.41, 5.74) is 3.01. The van der Waals surface area contributed by atoms with Crippen LogP contribution in [-0.4, -0.2) is 25.0 Å². The van der Waals surface area contributed by atoms with Gasteiger partial charge in [0.25, 0.3) is 0 Å². The number of hydrogen-bond donors (Lipinski definition) is 0. The topological polar surface area (TPSA) is 39.4 Å². The summed E-state index contributed by atoms with van der Waals surface area (Å²) in [7, 11) is 0.762. The van der Waals surface area contributed by atoms with Crippen molar-refractivity contribution in [1.29, 1.82) is 0 Å². The highest BCUT2D eigenvalue weighted by atomic mass is 28.3. The van der Waals surface area contributed by atoms with E-state index in [4.69, 9.17) is 4.43 Å². The van der Waals surface area contributed by atoms with Crippen molar-refractivity contribution in [3.05, 3.63) is 41.7 Å². The van der Waals surface area contributed by atoms with Crippen LogP contribution in [0, 0.1) is 6.92 Å². The molecule has 19 heavy (non-hydrogen) atoms. The average Bonchev–Trinajstić information content (AvgIpc) is 2.73. The van der Waals surface area contributed by atoms with E-state index < -0.39 is 9.04 Å². The molecule has 4 nitrogen and oxygen atoms in total. The molecule has 5 heteroatoms. The van der Waals surface area contributed by atoms with E-state index in [0.29, 0.717) is 0 Å². The molecule has 2 rings (SSSR count). The zero-order chi connectivity index (χ0) is 13.8. The number of para-hydroxylation sites is 1. The van der Waals surface area contributed by atoms with Gasteiger partial charge in [0.2, 0.25) is 9.04 Å². The smallest absolute Gasteiger partial charge is 0.229 e. The minimum atomic E-state index is -1.13. The molecule has 0 radical (unpaired) electrons. The van der Waals surface area contributed by atoms with Crippen molar-refractivity contribution in [2.45, 2.75) is 20.0 Å². The highest BCUT2D eigenvalue weighted by Gasteiger charge is 2.07. The first-order valence-corrected chi connectivity index (χ1v) is 9.13. The molecule has 0 amide bonds. The van der Waals surface area contributed by atoms with E-state index in [0.717, 1.165) is 22.6 Å². The lowest BCUT2D eigenvalue weighted by Gasteiger charge is -2.13. The molecule has 0 spiro atoms. The van der Waals surface area contributed by atoms with Crippen LogP contribution in [-0.2, 0) is 7.05 Å². The molecule has 0 bridgehead atoms. The summed E-state index contributed by atoms with van der Waals surface area (Å²) in [6.07, 6.45) is 5.54. The van der Waals surface area contributed by atoms with Crippen LogP contribution in [0.5, 0.6) is 5.75 Å². The van der Waals surface area contributed by atoms with Crippen LogP contribution in [0.15, 0.2) is 35.6 Å². The molecule has 0 fully saturated rings. The van der Waals surface area contributed by atoms with Crippen molar-refractivity contribution < 1.29 is 4.43 Å². The molecule has 0 atom stereocenters. The first kappa shape index (κ1) is 13.5. The largest absolute Gasteiger partial charge is 0.546 e. The van der Waals surface area contributed by atoms with Crippen LogP contribution in [0.4, 0.5) is 5.69 Å². The van der Waals surface area contributed by atoms with Gasteiger partial charge in [0.05, 0.1) is 6.20 Å². The Hall–Kier alpha value is -1.88. The molecule has 0 N–H and O–H groups in total. The Kier molecular flexibility index (Phi) is 4.16. The van der Waals surface area contributed by atoms with Gasteiger partial charge in [0.1, 0.15) is 11.4 Å². The maximum absolute atomic E-state index is 5.92. The Bertz CT molecular complexity index is 590. The van der Waals surface area contributed by atoms with E-state index in [1.165, 1.54) is 0 Å². The van der Waals surface area contributed by atoms with E-state index in [2.05, 4.69) is 23.2 Å². The summed E-state index contributed by atoms with van der Waals surface area (Å²) in [6.45, 7) is 6.35. The van der Waals surface area contributed by atoms with E-state index in [9.17, 15) is 0 Å². The molecule has 0 saturated heterocycles. The third-order valence-electron chi connectivity index (χ3n) is 2.63. The van der Waals surface area contributed by atoms with Crippen LogP contribution in [0.2, 0.25) is 13.1 Å². The van der Waals surface area contributed by atoms with Crippen molar-refractivity contribution in [3.8, 4) is 5.75 Å². The molecule has 1 aromatic heterocycles. The third kappa shape index (κ3) is 3.54. The number of nitrogens with zero attached hydrogens (tertiary/aromatic N) is 3. The van der Waals surface area contributed by atoms with Gasteiger partial charge in [-0.3, -0.25) is 9.67 Å². The molecular weight excluding hydrogens is 254 g/mol. The van der Waals surface area contributed by atoms with Crippen molar-refractivity contribution in [1.82, 2.24) is 9.78 Å². The lowest BCUT2D eigenvalue weighted by Crippen LogP contribution is -2.11. The molecule has 1 aromatic carbocycles. The van der Waals surface area contributed by atoms with Gasteiger partial charge in [-0.1, -0.05) is 12.1 Å². The first-order chi connectivity index (χ1) is 9.06. The maximum Gasteiger partial charge on any atom is 0.229 e. The molecule has 0 unspecified atom stereocenters. The van der Waals surface area contributed by atoms with E-state index in [1.807, 2.05) is 44.6 Å².